The van der Waals surface area contributed by atoms with Gasteiger partial charge in [-0.15, -0.1) is 0 Å². The molecule has 0 bridgehead atoms. The van der Waals surface area contributed by atoms with Crippen LogP contribution in [0, 0.1) is 47.0 Å². The molecule has 0 radical (unpaired) electrons. The monoisotopic (exact) mass is 339 g/mol. The lowest BCUT2D eigenvalue weighted by Gasteiger charge is -2.59. The Labute approximate surface area is 153 Å². The quantitative estimate of drug-likeness (QED) is 0.493. The Morgan fingerprint density at radius 3 is 2.68 bits per heavy atom. The largest absolute Gasteiger partial charge is 0.299 e. The average molecular weight is 340 g/mol. The van der Waals surface area contributed by atoms with Gasteiger partial charge in [-0.25, -0.2) is 4.85 Å². The smallest absolute Gasteiger partial charge is 0.162 e. The lowest BCUT2D eigenvalue weighted by Crippen LogP contribution is -2.56. The topological polar surface area (TPSA) is 21.4 Å². The molecule has 0 saturated heterocycles. The summed E-state index contributed by atoms with van der Waals surface area (Å²) in [7, 11) is 0. The van der Waals surface area contributed by atoms with Crippen molar-refractivity contribution in [2.45, 2.75) is 79.1 Å². The van der Waals surface area contributed by atoms with E-state index < -0.39 is 0 Å². The number of carbonyl (C=O) groups excluding carboxylic acids is 1. The number of ketones is 1. The van der Waals surface area contributed by atoms with Gasteiger partial charge in [0.25, 0.3) is 0 Å². The molecule has 0 unspecified atom stereocenters. The van der Waals surface area contributed by atoms with E-state index in [4.69, 9.17) is 6.57 Å². The Balaban J connectivity index is 1.72. The highest BCUT2D eigenvalue weighted by molar-refractivity contribution is 5.85. The predicted octanol–water partition coefficient (Wildman–Crippen LogP) is 6.04. The highest BCUT2D eigenvalue weighted by atomic mass is 16.1. The third-order valence-corrected chi connectivity index (χ3v) is 9.01. The molecule has 2 nitrogen and oxygen atoms in total. The molecule has 4 rings (SSSR count). The number of hydrogen-bond acceptors (Lipinski definition) is 1. The summed E-state index contributed by atoms with van der Waals surface area (Å²) in [4.78, 5) is 17.2. The summed E-state index contributed by atoms with van der Waals surface area (Å²) in [6.45, 7) is 16.6. The van der Waals surface area contributed by atoms with E-state index >= 15 is 0 Å². The highest BCUT2D eigenvalue weighted by Crippen LogP contribution is 2.66. The van der Waals surface area contributed by atoms with Crippen molar-refractivity contribution in [3.63, 3.8) is 0 Å². The van der Waals surface area contributed by atoms with E-state index in [1.807, 2.05) is 6.92 Å². The van der Waals surface area contributed by atoms with Crippen molar-refractivity contribution in [1.82, 2.24) is 0 Å². The molecular weight excluding hydrogens is 306 g/mol. The molecule has 4 fully saturated rings. The predicted molar refractivity (Wildman–Crippen MR) is 101 cm³/mol. The van der Waals surface area contributed by atoms with Crippen LogP contribution in [0.1, 0.15) is 79.1 Å². The molecule has 0 aromatic carbocycles. The van der Waals surface area contributed by atoms with Gasteiger partial charge in [-0.05, 0) is 80.0 Å². The second-order valence-corrected chi connectivity index (χ2v) is 10.2. The summed E-state index contributed by atoms with van der Waals surface area (Å²) in [5, 5.41) is 0. The zero-order valence-electron chi connectivity index (χ0n) is 16.4. The highest BCUT2D eigenvalue weighted by Gasteiger charge is 2.62. The third kappa shape index (κ3) is 2.30. The van der Waals surface area contributed by atoms with Crippen LogP contribution in [0.3, 0.4) is 0 Å². The first-order chi connectivity index (χ1) is 11.8. The zero-order chi connectivity index (χ0) is 18.0. The molecule has 136 valence electrons. The van der Waals surface area contributed by atoms with Crippen molar-refractivity contribution < 1.29 is 4.79 Å². The van der Waals surface area contributed by atoms with Crippen molar-refractivity contribution in [2.24, 2.45) is 40.4 Å². The zero-order valence-corrected chi connectivity index (χ0v) is 16.4. The van der Waals surface area contributed by atoms with Gasteiger partial charge in [-0.3, -0.25) is 4.79 Å². The molecule has 4 saturated carbocycles. The molecule has 0 amide bonds. The van der Waals surface area contributed by atoms with Crippen LogP contribution in [-0.2, 0) is 4.79 Å². The first kappa shape index (κ1) is 17.3. The molecule has 0 N–H and O–H groups in total. The van der Waals surface area contributed by atoms with E-state index in [2.05, 4.69) is 25.6 Å². The third-order valence-electron chi connectivity index (χ3n) is 9.01. The summed E-state index contributed by atoms with van der Waals surface area (Å²) in [6, 6.07) is 0. The number of nitrogens with zero attached hydrogens (tertiary/aromatic N) is 1. The van der Waals surface area contributed by atoms with E-state index in [0.717, 1.165) is 24.0 Å². The van der Waals surface area contributed by atoms with Crippen molar-refractivity contribution >= 4 is 5.78 Å². The van der Waals surface area contributed by atoms with Crippen molar-refractivity contribution in [3.05, 3.63) is 22.7 Å². The molecule has 0 aromatic rings. The minimum absolute atomic E-state index is 0.0297. The van der Waals surface area contributed by atoms with Gasteiger partial charge in [-0.2, -0.15) is 0 Å². The second kappa shape index (κ2) is 5.70. The number of fused-ring (bicyclic) bond motifs is 5. The van der Waals surface area contributed by atoms with Gasteiger partial charge in [0.1, 0.15) is 5.78 Å². The van der Waals surface area contributed by atoms with Gasteiger partial charge in [-0.1, -0.05) is 32.8 Å². The lowest BCUT2D eigenvalue weighted by molar-refractivity contribution is -0.154. The van der Waals surface area contributed by atoms with Crippen LogP contribution in [0.5, 0.6) is 0 Å². The van der Waals surface area contributed by atoms with Crippen LogP contribution in [0.25, 0.3) is 4.85 Å². The number of rotatable bonds is 0. The molecule has 0 aliphatic heterocycles. The van der Waals surface area contributed by atoms with Gasteiger partial charge in [0.05, 0.1) is 6.57 Å². The Bertz CT molecular complexity index is 670. The summed E-state index contributed by atoms with van der Waals surface area (Å²) in [6.07, 6.45) is 9.38. The Kier molecular flexibility index (Phi) is 3.95. The molecule has 2 heteroatoms. The molecule has 0 heterocycles. The van der Waals surface area contributed by atoms with Crippen molar-refractivity contribution in [2.75, 3.05) is 0 Å². The molecule has 25 heavy (non-hydrogen) atoms. The van der Waals surface area contributed by atoms with Gasteiger partial charge < -0.3 is 0 Å². The number of allylic oxidation sites excluding steroid dienone is 2. The Hall–Kier alpha value is -1.10. The van der Waals surface area contributed by atoms with Crippen molar-refractivity contribution in [3.8, 4) is 0 Å². The molecular formula is C23H33NO. The fourth-order valence-electron chi connectivity index (χ4n) is 7.77. The molecule has 4 aliphatic rings. The first-order valence-electron chi connectivity index (χ1n) is 10.4. The fraction of sp³-hybridized carbons (Fsp3) is 0.826. The maximum Gasteiger partial charge on any atom is 0.162 e. The van der Waals surface area contributed by atoms with Crippen LogP contribution >= 0.6 is 0 Å². The molecule has 4 aliphatic carbocycles. The van der Waals surface area contributed by atoms with Crippen LogP contribution < -0.4 is 0 Å². The SMILES string of the molecule is [C-]#[N+]/C(C)=C1/CC[C@H]2[C@@H]3CC[C@@H]4C[C@@H](C)CC[C@]4(C)[C@H]3C(=O)C[C@]12C. The van der Waals surface area contributed by atoms with E-state index in [1.54, 1.807) is 0 Å². The second-order valence-electron chi connectivity index (χ2n) is 10.2. The molecule has 7 atom stereocenters. The Morgan fingerprint density at radius 1 is 1.20 bits per heavy atom. The van der Waals surface area contributed by atoms with E-state index in [1.165, 1.54) is 44.1 Å². The summed E-state index contributed by atoms with van der Waals surface area (Å²) in [5.41, 5.74) is 2.39. The van der Waals surface area contributed by atoms with E-state index in [9.17, 15) is 4.79 Å². The summed E-state index contributed by atoms with van der Waals surface area (Å²) in [5.74, 6) is 3.61. The lowest BCUT2D eigenvalue weighted by atomic mass is 9.44. The minimum Gasteiger partial charge on any atom is -0.299 e. The summed E-state index contributed by atoms with van der Waals surface area (Å²) >= 11 is 0. The minimum atomic E-state index is -0.0297. The average Bonchev–Trinajstić information content (AvgIpc) is 2.91. The van der Waals surface area contributed by atoms with E-state index in [0.29, 0.717) is 30.0 Å². The van der Waals surface area contributed by atoms with Crippen molar-refractivity contribution in [1.29, 1.82) is 0 Å². The molecule has 0 spiro atoms. The normalized spacial score (nSPS) is 51.2. The number of carbonyl (C=O) groups is 1. The van der Waals surface area contributed by atoms with Gasteiger partial charge in [0.2, 0.25) is 0 Å². The van der Waals surface area contributed by atoms with Gasteiger partial charge in [0, 0.05) is 12.3 Å². The van der Waals surface area contributed by atoms with Crippen LogP contribution in [0.15, 0.2) is 11.3 Å². The maximum atomic E-state index is 13.5. The van der Waals surface area contributed by atoms with Crippen LogP contribution in [0.4, 0.5) is 0 Å². The van der Waals surface area contributed by atoms with Gasteiger partial charge >= 0.3 is 0 Å². The number of hydrogen-bond donors (Lipinski definition) is 0. The van der Waals surface area contributed by atoms with Crippen LogP contribution in [-0.4, -0.2) is 5.78 Å². The standard InChI is InChI=1S/C23H33NO/c1-14-10-11-22(3)16(12-14)6-7-17-19-9-8-18(15(2)24-5)23(19,4)13-20(25)21(17)22/h14,16-17,19,21H,6-13H2,1-4H3/b18-15-/t14-,16+,17-,19-,21+,22-,23+/m0/s1. The number of Topliss-reactive ketones (excluding diaryl/α,β-unsaturated/α-hetero) is 1. The maximum absolute atomic E-state index is 13.5. The fourth-order valence-corrected chi connectivity index (χ4v) is 7.77. The molecule has 0 aromatic heterocycles. The first-order valence-corrected chi connectivity index (χ1v) is 10.4. The summed E-state index contributed by atoms with van der Waals surface area (Å²) < 4.78 is 0. The van der Waals surface area contributed by atoms with E-state index in [-0.39, 0.29) is 10.8 Å². The Morgan fingerprint density at radius 2 is 1.96 bits per heavy atom. The van der Waals surface area contributed by atoms with Crippen LogP contribution in [0.2, 0.25) is 0 Å². The van der Waals surface area contributed by atoms with Gasteiger partial charge in [0.15, 0.2) is 5.70 Å².